The van der Waals surface area contributed by atoms with Gasteiger partial charge in [-0.25, -0.2) is 0 Å². The molecule has 3 N–H and O–H groups in total. The fourth-order valence-corrected chi connectivity index (χ4v) is 7.65. The van der Waals surface area contributed by atoms with Crippen LogP contribution < -0.4 is 16.1 Å². The summed E-state index contributed by atoms with van der Waals surface area (Å²) in [4.78, 5) is 16.6. The van der Waals surface area contributed by atoms with Crippen molar-refractivity contribution in [2.75, 3.05) is 0 Å². The first-order chi connectivity index (χ1) is 11.9. The summed E-state index contributed by atoms with van der Waals surface area (Å²) in [6.45, 7) is 4.42. The third-order valence-corrected chi connectivity index (χ3v) is 10.1. The Bertz CT molecular complexity index is 689. The molecule has 2 aromatic carbocycles. The number of hydrogen-bond donors (Lipinski definition) is 2. The first kappa shape index (κ1) is 17.9. The molecule has 0 aliphatic carbocycles. The molecule has 132 valence electrons. The van der Waals surface area contributed by atoms with Crippen LogP contribution in [0.4, 0.5) is 0 Å². The maximum absolute atomic E-state index is 12.1. The average Bonchev–Trinajstić information content (AvgIpc) is 3.06. The zero-order valence-electron chi connectivity index (χ0n) is 15.2. The van der Waals surface area contributed by atoms with E-state index in [0.29, 0.717) is 6.04 Å². The first-order valence-corrected chi connectivity index (χ1v) is 11.0. The summed E-state index contributed by atoms with van der Waals surface area (Å²) in [5, 5.41) is 1.93. The highest BCUT2D eigenvalue weighted by Crippen LogP contribution is 2.41. The van der Waals surface area contributed by atoms with Crippen molar-refractivity contribution in [3.63, 3.8) is 0 Å². The molecule has 25 heavy (non-hydrogen) atoms. The van der Waals surface area contributed by atoms with Crippen LogP contribution in [0.5, 0.6) is 0 Å². The molecule has 3 rings (SSSR count). The zero-order valence-corrected chi connectivity index (χ0v) is 16.2. The second kappa shape index (κ2) is 7.14. The predicted molar refractivity (Wildman–Crippen MR) is 108 cm³/mol. The summed E-state index contributed by atoms with van der Waals surface area (Å²) >= 11 is 0. The van der Waals surface area contributed by atoms with Crippen molar-refractivity contribution in [1.29, 1.82) is 0 Å². The summed E-state index contributed by atoms with van der Waals surface area (Å²) in [6, 6.07) is 20.7. The Morgan fingerprint density at radius 3 is 2.00 bits per heavy atom. The van der Waals surface area contributed by atoms with Crippen molar-refractivity contribution in [3.05, 3.63) is 60.7 Å². The largest absolute Gasteiger partial charge is 0.424 e. The van der Waals surface area contributed by atoms with Gasteiger partial charge in [-0.1, -0.05) is 74.5 Å². The van der Waals surface area contributed by atoms with Gasteiger partial charge in [-0.2, -0.15) is 0 Å². The van der Waals surface area contributed by atoms with E-state index < -0.39 is 8.32 Å². The highest BCUT2D eigenvalue weighted by Gasteiger charge is 2.49. The summed E-state index contributed by atoms with van der Waals surface area (Å²) in [7, 11) is -2.90. The molecule has 0 bridgehead atoms. The van der Waals surface area contributed by atoms with Crippen molar-refractivity contribution in [1.82, 2.24) is 0 Å². The number of amidine groups is 1. The smallest absolute Gasteiger partial charge is 0.258 e. The minimum Gasteiger partial charge on any atom is -0.424 e. The molecule has 4 heteroatoms. The summed E-state index contributed by atoms with van der Waals surface area (Å²) < 4.78 is 0. The number of hydrogen-bond acceptors (Lipinski definition) is 3. The fourth-order valence-electron chi connectivity index (χ4n) is 3.90. The molecule has 0 spiro atoms. The Hall–Kier alpha value is -1.91. The van der Waals surface area contributed by atoms with Gasteiger partial charge in [0.1, 0.15) is 0 Å². The molecule has 2 aromatic rings. The second-order valence-electron chi connectivity index (χ2n) is 7.68. The summed E-state index contributed by atoms with van der Waals surface area (Å²) in [5.41, 5.74) is 5.84. The molecule has 1 aliphatic rings. The van der Waals surface area contributed by atoms with E-state index in [0.717, 1.165) is 41.9 Å². The Balaban J connectivity index is 1.93. The van der Waals surface area contributed by atoms with Crippen LogP contribution in [-0.4, -0.2) is 25.0 Å². The van der Waals surface area contributed by atoms with Gasteiger partial charge in [0.2, 0.25) is 0 Å². The van der Waals surface area contributed by atoms with Gasteiger partial charge in [-0.15, -0.1) is 0 Å². The fraction of sp³-hybridized carbons (Fsp3) is 0.381. The average molecular weight is 353 g/mol. The van der Waals surface area contributed by atoms with E-state index in [9.17, 15) is 4.80 Å². The third kappa shape index (κ3) is 3.55. The van der Waals surface area contributed by atoms with E-state index in [4.69, 9.17) is 5.73 Å². The predicted octanol–water partition coefficient (Wildman–Crippen LogP) is 2.82. The number of benzene rings is 2. The highest BCUT2D eigenvalue weighted by molar-refractivity contribution is 6.98. The maximum Gasteiger partial charge on any atom is 0.258 e. The molecular formula is C21H28N2OSi. The Labute approximate surface area is 151 Å². The Morgan fingerprint density at radius 1 is 1.04 bits per heavy atom. The second-order valence-corrected chi connectivity index (χ2v) is 11.6. The number of nitrogens with two attached hydrogens (primary N) is 1. The molecule has 0 fully saturated rings. The van der Waals surface area contributed by atoms with E-state index in [1.165, 1.54) is 0 Å². The summed E-state index contributed by atoms with van der Waals surface area (Å²) in [5.74, 6) is 0.779. The minimum atomic E-state index is -2.90. The van der Waals surface area contributed by atoms with E-state index in [-0.39, 0.29) is 5.04 Å². The molecule has 0 amide bonds. The lowest BCUT2D eigenvalue weighted by atomic mass is 10.0. The number of rotatable bonds is 6. The molecule has 1 heterocycles. The molecular weight excluding hydrogens is 324 g/mol. The van der Waals surface area contributed by atoms with Crippen LogP contribution in [0.25, 0.3) is 0 Å². The van der Waals surface area contributed by atoms with E-state index in [1.807, 2.05) is 36.4 Å². The van der Waals surface area contributed by atoms with Gasteiger partial charge in [-0.05, 0) is 34.7 Å². The topological polar surface area (TPSA) is 58.6 Å². The van der Waals surface area contributed by atoms with Crippen molar-refractivity contribution in [2.24, 2.45) is 10.7 Å². The lowest BCUT2D eigenvalue weighted by Gasteiger charge is -2.41. The quantitative estimate of drug-likeness (QED) is 0.786. The lowest BCUT2D eigenvalue weighted by Crippen LogP contribution is -2.65. The molecule has 1 aliphatic heterocycles. The van der Waals surface area contributed by atoms with Crippen LogP contribution in [0, 0.1) is 0 Å². The summed E-state index contributed by atoms with van der Waals surface area (Å²) in [6.07, 6.45) is 3.85. The Kier molecular flexibility index (Phi) is 5.11. The van der Waals surface area contributed by atoms with Gasteiger partial charge in [0.25, 0.3) is 8.32 Å². The maximum atomic E-state index is 12.1. The molecule has 3 nitrogen and oxygen atoms in total. The lowest BCUT2D eigenvalue weighted by molar-refractivity contribution is 0.438. The van der Waals surface area contributed by atoms with Crippen LogP contribution in [0.15, 0.2) is 65.7 Å². The van der Waals surface area contributed by atoms with Crippen molar-refractivity contribution in [2.45, 2.75) is 50.6 Å². The number of nitrogens with zero attached hydrogens (tertiary/aromatic N) is 1. The van der Waals surface area contributed by atoms with Crippen molar-refractivity contribution in [3.8, 4) is 0 Å². The van der Waals surface area contributed by atoms with Crippen LogP contribution in [0.3, 0.4) is 0 Å². The highest BCUT2D eigenvalue weighted by atomic mass is 28.4. The molecule has 0 saturated heterocycles. The first-order valence-electron chi connectivity index (χ1n) is 9.09. The molecule has 0 unspecified atom stereocenters. The van der Waals surface area contributed by atoms with Gasteiger partial charge in [0, 0.05) is 6.42 Å². The normalized spacial score (nSPS) is 18.2. The monoisotopic (exact) mass is 352 g/mol. The molecule has 1 atom stereocenters. The minimum absolute atomic E-state index is 0.206. The molecule has 0 saturated carbocycles. The van der Waals surface area contributed by atoms with Crippen molar-refractivity contribution < 1.29 is 4.80 Å². The van der Waals surface area contributed by atoms with Crippen LogP contribution in [-0.2, 0) is 0 Å². The van der Waals surface area contributed by atoms with Gasteiger partial charge < -0.3 is 10.5 Å². The molecule has 0 aromatic heterocycles. The standard InChI is InChI=1S/C21H28N2OSi/c1-21(2,16-15-17-13-14-20(22)23-17)25(24,18-9-5-3-6-10-18)19-11-7-4-8-12-19/h3-12,17,24H,13-16H2,1-2H3,(H2,22,23)/t17-/m1/s1. The van der Waals surface area contributed by atoms with Crippen molar-refractivity contribution >= 4 is 24.5 Å². The Morgan fingerprint density at radius 2 is 1.56 bits per heavy atom. The van der Waals surface area contributed by atoms with Crippen LogP contribution >= 0.6 is 0 Å². The van der Waals surface area contributed by atoms with Crippen LogP contribution in [0.1, 0.15) is 39.5 Å². The number of aliphatic imine (C=N–C) groups is 1. The van der Waals surface area contributed by atoms with E-state index in [2.05, 4.69) is 43.1 Å². The zero-order chi connectivity index (χ0) is 17.9. The van der Waals surface area contributed by atoms with E-state index in [1.54, 1.807) is 0 Å². The van der Waals surface area contributed by atoms with Gasteiger partial charge in [-0.3, -0.25) is 4.99 Å². The van der Waals surface area contributed by atoms with E-state index >= 15 is 0 Å². The van der Waals surface area contributed by atoms with Crippen LogP contribution in [0.2, 0.25) is 5.04 Å². The van der Waals surface area contributed by atoms with Gasteiger partial charge in [0.05, 0.1) is 11.9 Å². The third-order valence-electron chi connectivity index (χ3n) is 5.55. The molecule has 0 radical (unpaired) electrons. The van der Waals surface area contributed by atoms with Gasteiger partial charge >= 0.3 is 0 Å². The SMILES string of the molecule is CC(C)(CC[C@H]1CCC(N)=N1)[Si](O)(c1ccccc1)c1ccccc1. The van der Waals surface area contributed by atoms with Gasteiger partial charge in [0.15, 0.2) is 0 Å².